The Kier molecular flexibility index (Phi) is 6.69. The average molecular weight is 398 g/mol. The summed E-state index contributed by atoms with van der Waals surface area (Å²) in [5.41, 5.74) is 1.01. The smallest absolute Gasteiger partial charge is 0.376 e. The number of hydrogen-bond donors (Lipinski definition) is 1. The van der Waals surface area contributed by atoms with Gasteiger partial charge in [-0.1, -0.05) is 37.6 Å². The standard InChI is InChI=1S/C19H25F3N4O2/c1-18(2,16(27)23-13-9-5-6-10-14(13)26(3)4)12-8-7-11-15-24-17(28-25-15)19(20,21)22/h5-6,9-10H,7-8,11-12H2,1-4H3,(H,23,27). The molecule has 0 aliphatic carbocycles. The molecule has 0 fully saturated rings. The molecule has 0 spiro atoms. The lowest BCUT2D eigenvalue weighted by Crippen LogP contribution is -2.31. The number of alkyl halides is 3. The van der Waals surface area contributed by atoms with E-state index in [-0.39, 0.29) is 18.2 Å². The molecule has 1 amide bonds. The van der Waals surface area contributed by atoms with Crippen molar-refractivity contribution in [1.82, 2.24) is 10.1 Å². The molecule has 0 saturated heterocycles. The molecule has 0 unspecified atom stereocenters. The van der Waals surface area contributed by atoms with Gasteiger partial charge in [-0.25, -0.2) is 0 Å². The SMILES string of the molecule is CN(C)c1ccccc1NC(=O)C(C)(C)CCCCc1noc(C(F)(F)F)n1. The van der Waals surface area contributed by atoms with Gasteiger partial charge in [-0.2, -0.15) is 18.2 Å². The van der Waals surface area contributed by atoms with Gasteiger partial charge in [0.2, 0.25) is 5.91 Å². The summed E-state index contributed by atoms with van der Waals surface area (Å²) in [6, 6.07) is 7.52. The number of carbonyl (C=O) groups excluding carboxylic acids is 1. The van der Waals surface area contributed by atoms with Crippen LogP contribution in [-0.4, -0.2) is 30.1 Å². The van der Waals surface area contributed by atoms with Crippen LogP contribution in [0, 0.1) is 5.41 Å². The van der Waals surface area contributed by atoms with Crippen molar-refractivity contribution < 1.29 is 22.5 Å². The molecule has 6 nitrogen and oxygen atoms in total. The summed E-state index contributed by atoms with van der Waals surface area (Å²) in [7, 11) is 3.80. The van der Waals surface area contributed by atoms with E-state index in [2.05, 4.69) is 20.0 Å². The maximum absolute atomic E-state index is 12.7. The minimum atomic E-state index is -4.63. The van der Waals surface area contributed by atoms with Crippen molar-refractivity contribution in [2.24, 2.45) is 5.41 Å². The third-order valence-electron chi connectivity index (χ3n) is 4.41. The quantitative estimate of drug-likeness (QED) is 0.662. The van der Waals surface area contributed by atoms with E-state index < -0.39 is 17.5 Å². The molecular formula is C19H25F3N4O2. The molecule has 28 heavy (non-hydrogen) atoms. The second kappa shape index (κ2) is 8.62. The maximum atomic E-state index is 12.7. The number of anilines is 2. The number of halogens is 3. The first kappa shape index (κ1) is 21.7. The van der Waals surface area contributed by atoms with Crippen molar-refractivity contribution in [2.45, 2.75) is 45.7 Å². The monoisotopic (exact) mass is 398 g/mol. The van der Waals surface area contributed by atoms with Crippen LogP contribution < -0.4 is 10.2 Å². The Labute approximate surface area is 162 Å². The Morgan fingerprint density at radius 1 is 1.18 bits per heavy atom. The number of nitrogens with zero attached hydrogens (tertiary/aromatic N) is 3. The number of unbranched alkanes of at least 4 members (excludes halogenated alkanes) is 1. The number of carbonyl (C=O) groups is 1. The van der Waals surface area contributed by atoms with Gasteiger partial charge in [0, 0.05) is 25.9 Å². The lowest BCUT2D eigenvalue weighted by Gasteiger charge is -2.25. The van der Waals surface area contributed by atoms with E-state index in [0.29, 0.717) is 19.3 Å². The zero-order valence-electron chi connectivity index (χ0n) is 16.4. The van der Waals surface area contributed by atoms with Crippen LogP contribution in [0.2, 0.25) is 0 Å². The van der Waals surface area contributed by atoms with Crippen LogP contribution in [0.3, 0.4) is 0 Å². The van der Waals surface area contributed by atoms with E-state index in [9.17, 15) is 18.0 Å². The summed E-state index contributed by atoms with van der Waals surface area (Å²) < 4.78 is 41.6. The summed E-state index contributed by atoms with van der Waals surface area (Å²) in [5.74, 6) is -1.42. The normalized spacial score (nSPS) is 12.1. The van der Waals surface area contributed by atoms with Gasteiger partial charge in [-0.05, 0) is 25.0 Å². The van der Waals surface area contributed by atoms with E-state index in [0.717, 1.165) is 11.4 Å². The highest BCUT2D eigenvalue weighted by Crippen LogP contribution is 2.30. The molecule has 0 saturated carbocycles. The number of hydrogen-bond acceptors (Lipinski definition) is 5. The molecule has 0 aliphatic heterocycles. The molecule has 1 aromatic carbocycles. The third kappa shape index (κ3) is 5.71. The van der Waals surface area contributed by atoms with Crippen LogP contribution in [0.25, 0.3) is 0 Å². The number of aryl methyl sites for hydroxylation is 1. The van der Waals surface area contributed by atoms with Crippen LogP contribution in [-0.2, 0) is 17.4 Å². The lowest BCUT2D eigenvalue weighted by molar-refractivity contribution is -0.159. The Hall–Kier alpha value is -2.58. The Bertz CT molecular complexity index is 800. The minimum Gasteiger partial charge on any atom is -0.376 e. The number of rotatable bonds is 8. The molecule has 0 aliphatic rings. The molecule has 1 aromatic heterocycles. The van der Waals surface area contributed by atoms with E-state index in [1.165, 1.54) is 0 Å². The molecular weight excluding hydrogens is 373 g/mol. The third-order valence-corrected chi connectivity index (χ3v) is 4.41. The summed E-state index contributed by atoms with van der Waals surface area (Å²) in [4.78, 5) is 18.0. The van der Waals surface area contributed by atoms with Gasteiger partial charge in [0.25, 0.3) is 0 Å². The molecule has 0 radical (unpaired) electrons. The summed E-state index contributed by atoms with van der Waals surface area (Å²) in [6.45, 7) is 3.69. The van der Waals surface area contributed by atoms with E-state index >= 15 is 0 Å². The highest BCUT2D eigenvalue weighted by atomic mass is 19.4. The molecule has 1 heterocycles. The largest absolute Gasteiger partial charge is 0.471 e. The number of nitrogens with one attached hydrogen (secondary N) is 1. The Morgan fingerprint density at radius 3 is 2.46 bits per heavy atom. The topological polar surface area (TPSA) is 71.3 Å². The van der Waals surface area contributed by atoms with Crippen molar-refractivity contribution in [3.05, 3.63) is 36.0 Å². The van der Waals surface area contributed by atoms with Crippen molar-refractivity contribution in [2.75, 3.05) is 24.3 Å². The fourth-order valence-corrected chi connectivity index (χ4v) is 2.70. The van der Waals surface area contributed by atoms with Gasteiger partial charge < -0.3 is 14.7 Å². The first-order valence-electron chi connectivity index (χ1n) is 8.98. The second-order valence-corrected chi connectivity index (χ2v) is 7.47. The van der Waals surface area contributed by atoms with Gasteiger partial charge in [0.1, 0.15) is 0 Å². The fraction of sp³-hybridized carbons (Fsp3) is 0.526. The summed E-state index contributed by atoms with van der Waals surface area (Å²) in [6.07, 6.45) is -2.59. The van der Waals surface area contributed by atoms with Gasteiger partial charge in [0.15, 0.2) is 5.82 Å². The number of amides is 1. The van der Waals surface area contributed by atoms with Crippen molar-refractivity contribution in [3.8, 4) is 0 Å². The van der Waals surface area contributed by atoms with E-state index in [1.54, 1.807) is 0 Å². The highest BCUT2D eigenvalue weighted by molar-refractivity contribution is 5.97. The maximum Gasteiger partial charge on any atom is 0.471 e. The predicted molar refractivity (Wildman–Crippen MR) is 100 cm³/mol. The molecule has 0 atom stereocenters. The number of para-hydroxylation sites is 2. The van der Waals surface area contributed by atoms with Gasteiger partial charge in [-0.3, -0.25) is 4.79 Å². The average Bonchev–Trinajstić information content (AvgIpc) is 3.08. The molecule has 0 bridgehead atoms. The molecule has 1 N–H and O–H groups in total. The molecule has 154 valence electrons. The van der Waals surface area contributed by atoms with Crippen molar-refractivity contribution >= 4 is 17.3 Å². The van der Waals surface area contributed by atoms with Crippen molar-refractivity contribution in [3.63, 3.8) is 0 Å². The van der Waals surface area contributed by atoms with Crippen LogP contribution in [0.1, 0.15) is 44.8 Å². The minimum absolute atomic E-state index is 0.0227. The molecule has 2 rings (SSSR count). The van der Waals surface area contributed by atoms with Gasteiger partial charge in [0.05, 0.1) is 11.4 Å². The zero-order chi connectivity index (χ0) is 20.9. The first-order chi connectivity index (χ1) is 13.0. The number of benzene rings is 1. The Balaban J connectivity index is 1.86. The molecule has 9 heteroatoms. The molecule has 2 aromatic rings. The summed E-state index contributed by atoms with van der Waals surface area (Å²) >= 11 is 0. The van der Waals surface area contributed by atoms with E-state index in [4.69, 9.17) is 0 Å². The zero-order valence-corrected chi connectivity index (χ0v) is 16.4. The first-order valence-corrected chi connectivity index (χ1v) is 8.98. The summed E-state index contributed by atoms with van der Waals surface area (Å²) in [5, 5.41) is 6.31. The van der Waals surface area contributed by atoms with Crippen LogP contribution in [0.15, 0.2) is 28.8 Å². The van der Waals surface area contributed by atoms with Crippen LogP contribution in [0.5, 0.6) is 0 Å². The predicted octanol–water partition coefficient (Wildman–Crippen LogP) is 4.53. The lowest BCUT2D eigenvalue weighted by atomic mass is 9.85. The highest BCUT2D eigenvalue weighted by Gasteiger charge is 2.38. The van der Waals surface area contributed by atoms with Gasteiger partial charge in [-0.15, -0.1) is 0 Å². The number of aromatic nitrogens is 2. The van der Waals surface area contributed by atoms with Crippen LogP contribution in [0.4, 0.5) is 24.5 Å². The van der Waals surface area contributed by atoms with E-state index in [1.807, 2.05) is 57.1 Å². The Morgan fingerprint density at radius 2 is 1.86 bits per heavy atom. The van der Waals surface area contributed by atoms with Gasteiger partial charge >= 0.3 is 12.1 Å². The van der Waals surface area contributed by atoms with Crippen molar-refractivity contribution in [1.29, 1.82) is 0 Å². The fourth-order valence-electron chi connectivity index (χ4n) is 2.70. The second-order valence-electron chi connectivity index (χ2n) is 7.47. The van der Waals surface area contributed by atoms with Crippen LogP contribution >= 0.6 is 0 Å².